The lowest BCUT2D eigenvalue weighted by molar-refractivity contribution is 0.333. The average molecular weight is 271 g/mol. The molecular weight excluding hydrogens is 250 g/mol. The second kappa shape index (κ2) is 7.03. The first-order valence-electron chi connectivity index (χ1n) is 6.93. The van der Waals surface area contributed by atoms with Gasteiger partial charge in [-0.1, -0.05) is 31.2 Å². The molecule has 20 heavy (non-hydrogen) atoms. The highest BCUT2D eigenvalue weighted by atomic mass is 16.5. The van der Waals surface area contributed by atoms with Crippen LogP contribution < -0.4 is 16.0 Å². The Balaban J connectivity index is 2.47. The summed E-state index contributed by atoms with van der Waals surface area (Å²) in [6.07, 6.45) is 2.71. The molecule has 0 bridgehead atoms. The number of nitrogens with one attached hydrogen (secondary N) is 1. The van der Waals surface area contributed by atoms with Crippen molar-refractivity contribution < 1.29 is 4.74 Å². The molecule has 4 heteroatoms. The van der Waals surface area contributed by atoms with Gasteiger partial charge < -0.3 is 4.74 Å². The molecule has 1 aromatic carbocycles. The van der Waals surface area contributed by atoms with Crippen molar-refractivity contribution in [3.8, 4) is 5.75 Å². The number of hydrazine groups is 1. The summed E-state index contributed by atoms with van der Waals surface area (Å²) in [5, 5.41) is 0. The second-order valence-corrected chi connectivity index (χ2v) is 4.47. The minimum absolute atomic E-state index is 0.172. The summed E-state index contributed by atoms with van der Waals surface area (Å²) in [7, 11) is 0. The van der Waals surface area contributed by atoms with Gasteiger partial charge in [-0.05, 0) is 31.0 Å². The van der Waals surface area contributed by atoms with Crippen LogP contribution in [-0.4, -0.2) is 11.6 Å². The fraction of sp³-hybridized carbons (Fsp3) is 0.312. The molecule has 1 unspecified atom stereocenters. The number of pyridine rings is 1. The molecule has 0 aliphatic rings. The number of hydrogen-bond donors (Lipinski definition) is 2. The molecule has 0 aliphatic heterocycles. The van der Waals surface area contributed by atoms with Crippen molar-refractivity contribution in [1.29, 1.82) is 0 Å². The molecule has 0 fully saturated rings. The Morgan fingerprint density at radius 3 is 2.70 bits per heavy atom. The largest absolute Gasteiger partial charge is 0.494 e. The number of ether oxygens (including phenoxy) is 1. The highest BCUT2D eigenvalue weighted by Crippen LogP contribution is 2.30. The lowest BCUT2D eigenvalue weighted by Crippen LogP contribution is -2.30. The molecule has 0 spiro atoms. The molecule has 106 valence electrons. The average Bonchev–Trinajstić information content (AvgIpc) is 2.50. The van der Waals surface area contributed by atoms with E-state index in [0.29, 0.717) is 6.61 Å². The number of nitrogens with zero attached hydrogens (tertiary/aromatic N) is 1. The summed E-state index contributed by atoms with van der Waals surface area (Å²) in [5.41, 5.74) is 6.00. The predicted octanol–water partition coefficient (Wildman–Crippen LogP) is 2.60. The molecule has 2 aromatic rings. The molecule has 0 radical (unpaired) electrons. The van der Waals surface area contributed by atoms with Crippen molar-refractivity contribution in [3.63, 3.8) is 0 Å². The van der Waals surface area contributed by atoms with E-state index >= 15 is 0 Å². The molecule has 0 saturated heterocycles. The normalized spacial score (nSPS) is 12.2. The van der Waals surface area contributed by atoms with Gasteiger partial charge in [-0.3, -0.25) is 10.8 Å². The fourth-order valence-electron chi connectivity index (χ4n) is 2.33. The maximum Gasteiger partial charge on any atom is 0.124 e. The Labute approximate surface area is 120 Å². The van der Waals surface area contributed by atoms with E-state index in [1.54, 1.807) is 6.20 Å². The van der Waals surface area contributed by atoms with E-state index in [0.717, 1.165) is 23.4 Å². The van der Waals surface area contributed by atoms with Crippen LogP contribution in [0.15, 0.2) is 42.6 Å². The Bertz CT molecular complexity index is 557. The molecule has 0 amide bonds. The Morgan fingerprint density at radius 1 is 1.20 bits per heavy atom. The van der Waals surface area contributed by atoms with E-state index < -0.39 is 0 Å². The lowest BCUT2D eigenvalue weighted by Gasteiger charge is -2.21. The van der Waals surface area contributed by atoms with Crippen LogP contribution >= 0.6 is 0 Å². The van der Waals surface area contributed by atoms with Crippen molar-refractivity contribution in [1.82, 2.24) is 10.4 Å². The van der Waals surface area contributed by atoms with Crippen molar-refractivity contribution in [2.75, 3.05) is 6.61 Å². The van der Waals surface area contributed by atoms with Gasteiger partial charge >= 0.3 is 0 Å². The van der Waals surface area contributed by atoms with Gasteiger partial charge in [0.25, 0.3) is 0 Å². The predicted molar refractivity (Wildman–Crippen MR) is 80.4 cm³/mol. The number of aromatic nitrogens is 1. The Morgan fingerprint density at radius 2 is 2.00 bits per heavy atom. The van der Waals surface area contributed by atoms with Gasteiger partial charge in [0, 0.05) is 11.8 Å². The van der Waals surface area contributed by atoms with Crippen LogP contribution in [0.5, 0.6) is 5.75 Å². The standard InChI is InChI=1S/C16H21N3O/c1-3-12-8-7-11-18-15(12)16(19-17)13-9-5-6-10-14(13)20-4-2/h5-11,16,19H,3-4,17H2,1-2H3. The van der Waals surface area contributed by atoms with Crippen molar-refractivity contribution in [2.45, 2.75) is 26.3 Å². The Hall–Kier alpha value is -1.91. The molecule has 3 N–H and O–H groups in total. The number of hydrogen-bond acceptors (Lipinski definition) is 4. The number of nitrogens with two attached hydrogens (primary N) is 1. The number of aryl methyl sites for hydroxylation is 1. The lowest BCUT2D eigenvalue weighted by atomic mass is 9.98. The van der Waals surface area contributed by atoms with Crippen LogP contribution in [-0.2, 0) is 6.42 Å². The van der Waals surface area contributed by atoms with Crippen LogP contribution in [0.4, 0.5) is 0 Å². The minimum atomic E-state index is -0.172. The van der Waals surface area contributed by atoms with E-state index in [4.69, 9.17) is 10.6 Å². The SMILES string of the molecule is CCOc1ccccc1C(NN)c1ncccc1CC. The molecule has 1 aromatic heterocycles. The molecule has 4 nitrogen and oxygen atoms in total. The minimum Gasteiger partial charge on any atom is -0.494 e. The van der Waals surface area contributed by atoms with Crippen LogP contribution in [0, 0.1) is 0 Å². The topological polar surface area (TPSA) is 60.2 Å². The summed E-state index contributed by atoms with van der Waals surface area (Å²) in [6.45, 7) is 4.71. The van der Waals surface area contributed by atoms with Gasteiger partial charge in [0.2, 0.25) is 0 Å². The summed E-state index contributed by atoms with van der Waals surface area (Å²) >= 11 is 0. The van der Waals surface area contributed by atoms with E-state index in [1.807, 2.05) is 37.3 Å². The zero-order chi connectivity index (χ0) is 14.4. The molecule has 0 aliphatic carbocycles. The van der Waals surface area contributed by atoms with Crippen molar-refractivity contribution in [2.24, 2.45) is 5.84 Å². The molecule has 1 heterocycles. The smallest absolute Gasteiger partial charge is 0.124 e. The third-order valence-corrected chi connectivity index (χ3v) is 3.28. The molecule has 0 saturated carbocycles. The van der Waals surface area contributed by atoms with Crippen LogP contribution in [0.25, 0.3) is 0 Å². The summed E-state index contributed by atoms with van der Waals surface area (Å²) in [5.74, 6) is 6.62. The first kappa shape index (κ1) is 14.5. The van der Waals surface area contributed by atoms with Crippen LogP contribution in [0.2, 0.25) is 0 Å². The van der Waals surface area contributed by atoms with Gasteiger partial charge in [-0.2, -0.15) is 0 Å². The fourth-order valence-corrected chi connectivity index (χ4v) is 2.33. The van der Waals surface area contributed by atoms with Crippen molar-refractivity contribution >= 4 is 0 Å². The van der Waals surface area contributed by atoms with E-state index in [9.17, 15) is 0 Å². The van der Waals surface area contributed by atoms with E-state index in [-0.39, 0.29) is 6.04 Å². The zero-order valence-corrected chi connectivity index (χ0v) is 12.0. The maximum absolute atomic E-state index is 5.78. The quantitative estimate of drug-likeness (QED) is 0.626. The molecule has 2 rings (SSSR count). The van der Waals surface area contributed by atoms with E-state index in [1.165, 1.54) is 5.56 Å². The highest BCUT2D eigenvalue weighted by molar-refractivity contribution is 5.41. The van der Waals surface area contributed by atoms with Crippen molar-refractivity contribution in [3.05, 3.63) is 59.4 Å². The number of para-hydroxylation sites is 1. The highest BCUT2D eigenvalue weighted by Gasteiger charge is 2.20. The summed E-state index contributed by atoms with van der Waals surface area (Å²) in [6, 6.07) is 11.8. The monoisotopic (exact) mass is 271 g/mol. The molecule has 1 atom stereocenters. The first-order chi connectivity index (χ1) is 9.81. The summed E-state index contributed by atoms with van der Waals surface area (Å²) in [4.78, 5) is 4.50. The van der Waals surface area contributed by atoms with Crippen LogP contribution in [0.1, 0.15) is 36.7 Å². The van der Waals surface area contributed by atoms with Gasteiger partial charge in [-0.15, -0.1) is 0 Å². The number of rotatable bonds is 6. The maximum atomic E-state index is 5.78. The van der Waals surface area contributed by atoms with Gasteiger partial charge in [0.15, 0.2) is 0 Å². The third kappa shape index (κ3) is 2.98. The summed E-state index contributed by atoms with van der Waals surface area (Å²) < 4.78 is 5.69. The van der Waals surface area contributed by atoms with Gasteiger partial charge in [0.1, 0.15) is 5.75 Å². The first-order valence-corrected chi connectivity index (χ1v) is 6.93. The number of benzene rings is 1. The van der Waals surface area contributed by atoms with Crippen LogP contribution in [0.3, 0.4) is 0 Å². The van der Waals surface area contributed by atoms with Gasteiger partial charge in [-0.25, -0.2) is 5.43 Å². The zero-order valence-electron chi connectivity index (χ0n) is 12.0. The Kier molecular flexibility index (Phi) is 5.09. The molecular formula is C16H21N3O. The van der Waals surface area contributed by atoms with Gasteiger partial charge in [0.05, 0.1) is 18.3 Å². The van der Waals surface area contributed by atoms with E-state index in [2.05, 4.69) is 23.4 Å². The third-order valence-electron chi connectivity index (χ3n) is 3.28. The second-order valence-electron chi connectivity index (χ2n) is 4.47.